The summed E-state index contributed by atoms with van der Waals surface area (Å²) in [5, 5.41) is 14.6. The first kappa shape index (κ1) is 16.6. The van der Waals surface area contributed by atoms with Crippen molar-refractivity contribution in [3.8, 4) is 11.1 Å². The number of aromatic nitrogens is 6. The molecule has 1 N–H and O–H groups in total. The van der Waals surface area contributed by atoms with Gasteiger partial charge in [-0.15, -0.1) is 21.5 Å². The zero-order chi connectivity index (χ0) is 17.9. The highest BCUT2D eigenvalue weighted by Gasteiger charge is 2.18. The topological polar surface area (TPSA) is 89.3 Å². The first-order valence-corrected chi connectivity index (χ1v) is 9.38. The van der Waals surface area contributed by atoms with Gasteiger partial charge in [0.1, 0.15) is 4.83 Å². The van der Waals surface area contributed by atoms with Crippen molar-refractivity contribution in [2.45, 2.75) is 32.7 Å². The van der Waals surface area contributed by atoms with E-state index >= 15 is 0 Å². The van der Waals surface area contributed by atoms with Crippen molar-refractivity contribution < 1.29 is 0 Å². The SMILES string of the molecule is CCc1sc2ncn(CCCc3nn[nH]n3)c(=O)c2c1-c1ccccc1. The van der Waals surface area contributed by atoms with E-state index in [1.165, 1.54) is 4.88 Å². The Balaban J connectivity index is 1.73. The van der Waals surface area contributed by atoms with Crippen molar-refractivity contribution in [3.63, 3.8) is 0 Å². The summed E-state index contributed by atoms with van der Waals surface area (Å²) in [5.74, 6) is 0.654. The van der Waals surface area contributed by atoms with Crippen LogP contribution < -0.4 is 5.56 Å². The molecule has 0 aliphatic carbocycles. The van der Waals surface area contributed by atoms with Crippen LogP contribution in [-0.2, 0) is 19.4 Å². The molecule has 0 amide bonds. The van der Waals surface area contributed by atoms with Gasteiger partial charge in [0.2, 0.25) is 0 Å². The number of nitrogens with one attached hydrogen (secondary N) is 1. The van der Waals surface area contributed by atoms with Gasteiger partial charge in [-0.05, 0) is 18.4 Å². The summed E-state index contributed by atoms with van der Waals surface area (Å²) in [6.45, 7) is 2.68. The van der Waals surface area contributed by atoms with Crippen LogP contribution in [-0.4, -0.2) is 30.2 Å². The van der Waals surface area contributed by atoms with Crippen molar-refractivity contribution in [3.05, 3.63) is 57.7 Å². The molecule has 0 bridgehead atoms. The van der Waals surface area contributed by atoms with E-state index in [1.54, 1.807) is 22.2 Å². The fraction of sp³-hybridized carbons (Fsp3) is 0.278. The van der Waals surface area contributed by atoms with Crippen LogP contribution in [0.3, 0.4) is 0 Å². The van der Waals surface area contributed by atoms with Gasteiger partial charge < -0.3 is 0 Å². The smallest absolute Gasteiger partial charge is 0.262 e. The Morgan fingerprint density at radius 2 is 2.08 bits per heavy atom. The highest BCUT2D eigenvalue weighted by atomic mass is 32.1. The summed E-state index contributed by atoms with van der Waals surface area (Å²) >= 11 is 1.61. The van der Waals surface area contributed by atoms with Gasteiger partial charge in [-0.25, -0.2) is 4.98 Å². The van der Waals surface area contributed by atoms with Gasteiger partial charge in [0.15, 0.2) is 5.82 Å². The molecule has 1 aromatic carbocycles. The number of benzene rings is 1. The maximum Gasteiger partial charge on any atom is 0.262 e. The highest BCUT2D eigenvalue weighted by Crippen LogP contribution is 2.36. The first-order chi connectivity index (χ1) is 12.8. The average molecular weight is 366 g/mol. The van der Waals surface area contributed by atoms with Crippen molar-refractivity contribution in [1.82, 2.24) is 30.2 Å². The minimum absolute atomic E-state index is 0.0120. The minimum Gasteiger partial charge on any atom is -0.299 e. The Morgan fingerprint density at radius 1 is 1.23 bits per heavy atom. The Labute approximate surface area is 153 Å². The number of thiophene rings is 1. The van der Waals surface area contributed by atoms with Crippen LogP contribution >= 0.6 is 11.3 Å². The van der Waals surface area contributed by atoms with Crippen molar-refractivity contribution in [1.29, 1.82) is 0 Å². The van der Waals surface area contributed by atoms with E-state index in [0.717, 1.165) is 34.2 Å². The number of hydrogen-bond donors (Lipinski definition) is 1. The van der Waals surface area contributed by atoms with E-state index in [2.05, 4.69) is 32.5 Å². The second-order valence-electron chi connectivity index (χ2n) is 5.97. The maximum atomic E-state index is 13.1. The Morgan fingerprint density at radius 3 is 2.81 bits per heavy atom. The summed E-state index contributed by atoms with van der Waals surface area (Å²) in [5.41, 5.74) is 2.11. The third-order valence-electron chi connectivity index (χ3n) is 4.32. The lowest BCUT2D eigenvalue weighted by molar-refractivity contribution is 0.607. The molecule has 0 atom stereocenters. The molecule has 0 spiro atoms. The first-order valence-electron chi connectivity index (χ1n) is 8.56. The number of tetrazole rings is 1. The van der Waals surface area contributed by atoms with E-state index in [1.807, 2.05) is 30.3 Å². The predicted octanol–water partition coefficient (Wildman–Crippen LogP) is 2.83. The third kappa shape index (κ3) is 3.03. The summed E-state index contributed by atoms with van der Waals surface area (Å²) in [6.07, 6.45) is 3.93. The number of H-pyrrole nitrogens is 1. The molecule has 3 aromatic heterocycles. The normalized spacial score (nSPS) is 11.3. The van der Waals surface area contributed by atoms with Gasteiger partial charge in [0.25, 0.3) is 5.56 Å². The summed E-state index contributed by atoms with van der Waals surface area (Å²) < 4.78 is 1.68. The van der Waals surface area contributed by atoms with Crippen LogP contribution in [0.2, 0.25) is 0 Å². The van der Waals surface area contributed by atoms with Crippen LogP contribution in [0.25, 0.3) is 21.3 Å². The Hall–Kier alpha value is -2.87. The zero-order valence-electron chi connectivity index (χ0n) is 14.3. The second kappa shape index (κ2) is 7.17. The number of fused-ring (bicyclic) bond motifs is 1. The number of hydrogen-bond acceptors (Lipinski definition) is 6. The van der Waals surface area contributed by atoms with E-state index < -0.39 is 0 Å². The van der Waals surface area contributed by atoms with Crippen molar-refractivity contribution >= 4 is 21.6 Å². The van der Waals surface area contributed by atoms with Crippen LogP contribution in [0.4, 0.5) is 0 Å². The van der Waals surface area contributed by atoms with Crippen LogP contribution in [0.1, 0.15) is 24.0 Å². The van der Waals surface area contributed by atoms with Crippen molar-refractivity contribution in [2.24, 2.45) is 0 Å². The molecule has 0 aliphatic heterocycles. The van der Waals surface area contributed by atoms with Gasteiger partial charge in [0.05, 0.1) is 11.7 Å². The van der Waals surface area contributed by atoms with E-state index in [-0.39, 0.29) is 5.56 Å². The molecule has 0 aliphatic rings. The molecule has 4 aromatic rings. The number of aryl methyl sites for hydroxylation is 3. The van der Waals surface area contributed by atoms with Gasteiger partial charge in [-0.2, -0.15) is 5.21 Å². The molecular formula is C18H18N6OS. The molecule has 8 heteroatoms. The molecule has 132 valence electrons. The number of nitrogens with zero attached hydrogens (tertiary/aromatic N) is 5. The average Bonchev–Trinajstić information content (AvgIpc) is 3.32. The molecule has 4 rings (SSSR count). The molecule has 0 saturated carbocycles. The van der Waals surface area contributed by atoms with Gasteiger partial charge in [-0.1, -0.05) is 42.5 Å². The minimum atomic E-state index is 0.0120. The number of aromatic amines is 1. The van der Waals surface area contributed by atoms with E-state index in [0.29, 0.717) is 18.8 Å². The molecule has 0 radical (unpaired) electrons. The molecule has 7 nitrogen and oxygen atoms in total. The maximum absolute atomic E-state index is 13.1. The van der Waals surface area contributed by atoms with Crippen LogP contribution in [0, 0.1) is 0 Å². The number of rotatable bonds is 6. The van der Waals surface area contributed by atoms with Gasteiger partial charge >= 0.3 is 0 Å². The molecule has 3 heterocycles. The van der Waals surface area contributed by atoms with Crippen molar-refractivity contribution in [2.75, 3.05) is 0 Å². The zero-order valence-corrected chi connectivity index (χ0v) is 15.2. The molecule has 26 heavy (non-hydrogen) atoms. The third-order valence-corrected chi connectivity index (χ3v) is 5.57. The molecular weight excluding hydrogens is 348 g/mol. The lowest BCUT2D eigenvalue weighted by Crippen LogP contribution is -2.20. The van der Waals surface area contributed by atoms with Gasteiger partial charge in [-0.3, -0.25) is 9.36 Å². The predicted molar refractivity (Wildman–Crippen MR) is 101 cm³/mol. The molecule has 0 fully saturated rings. The fourth-order valence-corrected chi connectivity index (χ4v) is 4.18. The monoisotopic (exact) mass is 366 g/mol. The summed E-state index contributed by atoms with van der Waals surface area (Å²) in [6, 6.07) is 10.1. The summed E-state index contributed by atoms with van der Waals surface area (Å²) in [7, 11) is 0. The Bertz CT molecular complexity index is 1070. The lowest BCUT2D eigenvalue weighted by Gasteiger charge is -2.06. The van der Waals surface area contributed by atoms with E-state index in [4.69, 9.17) is 0 Å². The van der Waals surface area contributed by atoms with E-state index in [9.17, 15) is 4.79 Å². The van der Waals surface area contributed by atoms with Crippen LogP contribution in [0.5, 0.6) is 0 Å². The van der Waals surface area contributed by atoms with Crippen LogP contribution in [0.15, 0.2) is 41.5 Å². The quantitative estimate of drug-likeness (QED) is 0.567. The second-order valence-corrected chi connectivity index (χ2v) is 7.06. The largest absolute Gasteiger partial charge is 0.299 e. The lowest BCUT2D eigenvalue weighted by atomic mass is 10.0. The molecule has 0 saturated heterocycles. The summed E-state index contributed by atoms with van der Waals surface area (Å²) in [4.78, 5) is 19.7. The highest BCUT2D eigenvalue weighted by molar-refractivity contribution is 7.19. The molecule has 0 unspecified atom stereocenters. The Kier molecular flexibility index (Phi) is 4.57. The fourth-order valence-electron chi connectivity index (χ4n) is 3.09. The van der Waals surface area contributed by atoms with Gasteiger partial charge in [0, 0.05) is 23.4 Å². The standard InChI is InChI=1S/C18H18N6OS/c1-2-13-15(12-7-4-3-5-8-12)16-17(26-13)19-11-24(18(16)25)10-6-9-14-20-22-23-21-14/h3-5,7-8,11H,2,6,9-10H2,1H3,(H,20,21,22,23).